The maximum Gasteiger partial charge on any atom is 0.417 e. The average molecular weight is 629 g/mol. The molecule has 0 aliphatic heterocycles. The molecule has 1 amide bonds. The average Bonchev–Trinajstić information content (AvgIpc) is 2.88. The van der Waals surface area contributed by atoms with Gasteiger partial charge in [0.1, 0.15) is 17.5 Å². The molecule has 1 N–H and O–H groups in total. The first kappa shape index (κ1) is 31.6. The Hall–Kier alpha value is -2.95. The summed E-state index contributed by atoms with van der Waals surface area (Å²) in [6.45, 7) is 1.53. The van der Waals surface area contributed by atoms with E-state index >= 15 is 4.39 Å². The molecule has 0 radical (unpaired) electrons. The fourth-order valence-electron chi connectivity index (χ4n) is 3.77. The van der Waals surface area contributed by atoms with Gasteiger partial charge in [-0.2, -0.15) is 26.3 Å². The van der Waals surface area contributed by atoms with Gasteiger partial charge in [-0.3, -0.25) is 4.79 Å². The lowest BCUT2D eigenvalue weighted by Crippen LogP contribution is -2.29. The predicted octanol–water partition coefficient (Wildman–Crippen LogP) is 9.82. The maximum atomic E-state index is 15.1. The van der Waals surface area contributed by atoms with Gasteiger partial charge in [0.2, 0.25) is 0 Å². The minimum atomic E-state index is -5.14. The second kappa shape index (κ2) is 12.3. The minimum Gasteiger partial charge on any atom is -0.497 e. The van der Waals surface area contributed by atoms with Gasteiger partial charge in [0.25, 0.3) is 5.91 Å². The Balaban J connectivity index is 2.00. The molecule has 0 aromatic heterocycles. The topological polar surface area (TPSA) is 38.3 Å². The molecule has 0 aliphatic rings. The molecule has 3 nitrogen and oxygen atoms in total. The van der Waals surface area contributed by atoms with Crippen LogP contribution in [0.3, 0.4) is 0 Å². The lowest BCUT2D eigenvalue weighted by Gasteiger charge is -2.20. The number of hydrogen-bond acceptors (Lipinski definition) is 2. The number of amides is 1. The summed E-state index contributed by atoms with van der Waals surface area (Å²) in [6.07, 6.45) is -10.1. The van der Waals surface area contributed by atoms with Gasteiger partial charge in [-0.05, 0) is 60.5 Å². The largest absolute Gasteiger partial charge is 0.497 e. The van der Waals surface area contributed by atoms with Crippen LogP contribution in [0.2, 0.25) is 15.1 Å². The van der Waals surface area contributed by atoms with E-state index < -0.39 is 58.3 Å². The second-order valence-corrected chi connectivity index (χ2v) is 9.75. The Kier molecular flexibility index (Phi) is 9.70. The first-order valence-corrected chi connectivity index (χ1v) is 12.4. The molecule has 0 saturated heterocycles. The standard InChI is InChI=1S/C27H19Cl3F7NO2/c1-13(14-4-3-5-17(8-14)40-2)38-25(39)18-7-6-15(9-20(18)27(35,36)37)23(31)12-19(26(32,33)34)16-10-21(28)24(30)22(29)11-16/h3-13,19H,1-2H3,(H,38,39)/b23-12-/t13-,19?/m1/s1. The van der Waals surface area contributed by atoms with E-state index in [-0.39, 0.29) is 27.2 Å². The van der Waals surface area contributed by atoms with E-state index in [4.69, 9.17) is 39.5 Å². The predicted molar refractivity (Wildman–Crippen MR) is 140 cm³/mol. The number of alkyl halides is 6. The fourth-order valence-corrected chi connectivity index (χ4v) is 4.38. The van der Waals surface area contributed by atoms with Gasteiger partial charge in [-0.15, -0.1) is 0 Å². The molecule has 0 fully saturated rings. The number of methoxy groups -OCH3 is 1. The van der Waals surface area contributed by atoms with Crippen molar-refractivity contribution < 1.29 is 40.3 Å². The van der Waals surface area contributed by atoms with Gasteiger partial charge in [0.15, 0.2) is 0 Å². The van der Waals surface area contributed by atoms with Crippen LogP contribution in [-0.2, 0) is 6.18 Å². The molecule has 40 heavy (non-hydrogen) atoms. The summed E-state index contributed by atoms with van der Waals surface area (Å²) < 4.78 is 103. The maximum absolute atomic E-state index is 15.1. The zero-order valence-electron chi connectivity index (χ0n) is 20.5. The summed E-state index contributed by atoms with van der Waals surface area (Å²) in [5, 5.41) is 1.55. The van der Waals surface area contributed by atoms with Crippen LogP contribution in [0.15, 0.2) is 60.7 Å². The van der Waals surface area contributed by atoms with Gasteiger partial charge in [0, 0.05) is 5.56 Å². The van der Waals surface area contributed by atoms with Crippen molar-refractivity contribution in [2.45, 2.75) is 31.2 Å². The molecule has 0 heterocycles. The van der Waals surface area contributed by atoms with Crippen molar-refractivity contribution in [2.24, 2.45) is 0 Å². The molecule has 3 aromatic rings. The number of carbonyl (C=O) groups excluding carboxylic acids is 1. The van der Waals surface area contributed by atoms with Gasteiger partial charge in [-0.25, -0.2) is 4.39 Å². The van der Waals surface area contributed by atoms with Crippen LogP contribution in [0.4, 0.5) is 30.7 Å². The van der Waals surface area contributed by atoms with E-state index in [1.54, 1.807) is 24.3 Å². The number of allylic oxidation sites excluding steroid dienone is 1. The zero-order valence-corrected chi connectivity index (χ0v) is 22.8. The van der Waals surface area contributed by atoms with Crippen LogP contribution < -0.4 is 10.1 Å². The Morgan fingerprint density at radius 1 is 0.925 bits per heavy atom. The molecule has 3 rings (SSSR count). The number of nitrogens with one attached hydrogen (secondary N) is 1. The third kappa shape index (κ3) is 7.41. The van der Waals surface area contributed by atoms with Crippen LogP contribution in [-0.4, -0.2) is 19.2 Å². The van der Waals surface area contributed by atoms with Crippen LogP contribution >= 0.6 is 34.8 Å². The van der Waals surface area contributed by atoms with Crippen LogP contribution in [0.25, 0.3) is 5.83 Å². The van der Waals surface area contributed by atoms with Crippen molar-refractivity contribution in [3.63, 3.8) is 0 Å². The third-order valence-electron chi connectivity index (χ3n) is 5.82. The van der Waals surface area contributed by atoms with Gasteiger partial charge < -0.3 is 10.1 Å². The number of benzene rings is 3. The molecule has 3 aromatic carbocycles. The summed E-state index contributed by atoms with van der Waals surface area (Å²) in [4.78, 5) is 12.8. The highest BCUT2D eigenvalue weighted by Crippen LogP contribution is 2.43. The summed E-state index contributed by atoms with van der Waals surface area (Å²) in [7, 11) is 1.42. The fraction of sp³-hybridized carbons (Fsp3) is 0.222. The third-order valence-corrected chi connectivity index (χ3v) is 7.01. The van der Waals surface area contributed by atoms with E-state index in [1.807, 2.05) is 0 Å². The summed E-state index contributed by atoms with van der Waals surface area (Å²) in [6, 6.07) is 9.13. The number of hydrogen-bond donors (Lipinski definition) is 1. The van der Waals surface area contributed by atoms with Crippen molar-refractivity contribution >= 4 is 46.5 Å². The van der Waals surface area contributed by atoms with Gasteiger partial charge in [-0.1, -0.05) is 53.0 Å². The van der Waals surface area contributed by atoms with Crippen molar-refractivity contribution in [3.8, 4) is 5.75 Å². The van der Waals surface area contributed by atoms with E-state index in [1.165, 1.54) is 14.0 Å². The Morgan fingerprint density at radius 2 is 1.55 bits per heavy atom. The Bertz CT molecular complexity index is 1420. The lowest BCUT2D eigenvalue weighted by atomic mass is 9.95. The van der Waals surface area contributed by atoms with Crippen LogP contribution in [0.5, 0.6) is 5.75 Å². The summed E-state index contributed by atoms with van der Waals surface area (Å²) in [5.74, 6) is -4.91. The number of rotatable bonds is 7. The minimum absolute atomic E-state index is 0.0932. The highest BCUT2D eigenvalue weighted by atomic mass is 35.5. The molecule has 13 heteroatoms. The second-order valence-electron chi connectivity index (χ2n) is 8.56. The molecule has 0 spiro atoms. The molecule has 0 saturated carbocycles. The highest BCUT2D eigenvalue weighted by molar-refractivity contribution is 6.48. The normalized spacial score (nSPS) is 14.1. The van der Waals surface area contributed by atoms with Gasteiger partial charge in [0.05, 0.1) is 39.3 Å². The van der Waals surface area contributed by atoms with E-state index in [9.17, 15) is 31.1 Å². The SMILES string of the molecule is COc1cccc([C@@H](C)NC(=O)c2ccc(/C(F)=C/C(c3cc(Cl)c(Cl)c(Cl)c3)C(F)(F)F)cc2C(F)(F)F)c1. The lowest BCUT2D eigenvalue weighted by molar-refractivity contribution is -0.140. The zero-order chi connectivity index (χ0) is 30.0. The highest BCUT2D eigenvalue weighted by Gasteiger charge is 2.41. The summed E-state index contributed by atoms with van der Waals surface area (Å²) in [5.41, 5.74) is -3.26. The number of ether oxygens (including phenoxy) is 1. The van der Waals surface area contributed by atoms with Crippen LogP contribution in [0, 0.1) is 0 Å². The quantitative estimate of drug-likeness (QED) is 0.209. The van der Waals surface area contributed by atoms with E-state index in [2.05, 4.69) is 5.32 Å². The van der Waals surface area contributed by atoms with Crippen molar-refractivity contribution in [3.05, 3.63) is 104 Å². The van der Waals surface area contributed by atoms with E-state index in [0.29, 0.717) is 17.4 Å². The first-order chi connectivity index (χ1) is 18.5. The smallest absolute Gasteiger partial charge is 0.417 e. The molecule has 0 bridgehead atoms. The van der Waals surface area contributed by atoms with Crippen molar-refractivity contribution in [1.82, 2.24) is 5.32 Å². The number of halogens is 10. The monoisotopic (exact) mass is 627 g/mol. The Labute approximate surface area is 239 Å². The van der Waals surface area contributed by atoms with Crippen molar-refractivity contribution in [1.29, 1.82) is 0 Å². The van der Waals surface area contributed by atoms with Crippen molar-refractivity contribution in [2.75, 3.05) is 7.11 Å². The molecule has 2 atom stereocenters. The number of carbonyl (C=O) groups is 1. The van der Waals surface area contributed by atoms with Gasteiger partial charge >= 0.3 is 12.4 Å². The molecular weight excluding hydrogens is 610 g/mol. The Morgan fingerprint density at radius 3 is 2.10 bits per heavy atom. The molecule has 214 valence electrons. The first-order valence-electron chi connectivity index (χ1n) is 11.3. The summed E-state index contributed by atoms with van der Waals surface area (Å²) >= 11 is 17.4. The van der Waals surface area contributed by atoms with E-state index in [0.717, 1.165) is 18.2 Å². The van der Waals surface area contributed by atoms with Crippen LogP contribution in [0.1, 0.15) is 51.5 Å². The molecule has 1 unspecified atom stereocenters. The molecular formula is C27H19Cl3F7NO2. The molecule has 0 aliphatic carbocycles.